The van der Waals surface area contributed by atoms with E-state index in [-0.39, 0.29) is 0 Å². The van der Waals surface area contributed by atoms with E-state index in [9.17, 15) is 0 Å². The monoisotopic (exact) mass is 801 g/mol. The van der Waals surface area contributed by atoms with E-state index in [0.29, 0.717) is 0 Å². The first-order valence-corrected chi connectivity index (χ1v) is 21.8. The molecular formula is C61H39NO. The van der Waals surface area contributed by atoms with Crippen molar-refractivity contribution in [1.82, 2.24) is 0 Å². The van der Waals surface area contributed by atoms with E-state index in [1.54, 1.807) is 0 Å². The molecule has 11 aromatic rings. The Morgan fingerprint density at radius 2 is 0.683 bits per heavy atom. The fourth-order valence-corrected chi connectivity index (χ4v) is 10.9. The number of rotatable bonds is 5. The van der Waals surface area contributed by atoms with Crippen molar-refractivity contribution in [2.24, 2.45) is 0 Å². The van der Waals surface area contributed by atoms with Gasteiger partial charge in [0, 0.05) is 33.9 Å². The summed E-state index contributed by atoms with van der Waals surface area (Å²) in [6.07, 6.45) is 0. The Hall–Kier alpha value is -8.20. The van der Waals surface area contributed by atoms with Crippen LogP contribution in [-0.2, 0) is 5.41 Å². The molecule has 10 aromatic carbocycles. The highest BCUT2D eigenvalue weighted by Gasteiger charge is 2.46. The molecule has 294 valence electrons. The van der Waals surface area contributed by atoms with Gasteiger partial charge in [-0.2, -0.15) is 0 Å². The molecule has 1 heterocycles. The standard InChI is InChI=1S/C61H39NO/c1-3-17-40(18-4-1)61(41-19-5-2-6-20-41)57-29-15-13-27-52(57)53-35-32-43(38-58(53)61)62(44-33-36-55-54-28-14-16-30-59(54)63-60(55)39-44)42-31-34-51-49-25-10-9-23-47(49)45-21-7-8-22-46(45)48-24-11-12-26-50(48)56(51)37-42/h1-39H. The molecule has 63 heavy (non-hydrogen) atoms. The van der Waals surface area contributed by atoms with Gasteiger partial charge >= 0.3 is 0 Å². The molecular weight excluding hydrogens is 763 g/mol. The summed E-state index contributed by atoms with van der Waals surface area (Å²) < 4.78 is 6.59. The van der Waals surface area contributed by atoms with Crippen LogP contribution in [0.3, 0.4) is 0 Å². The Bertz CT molecular complexity index is 3540. The molecule has 0 N–H and O–H groups in total. The molecule has 0 saturated carbocycles. The second-order valence-electron chi connectivity index (χ2n) is 16.7. The number of hydrogen-bond acceptors (Lipinski definition) is 2. The van der Waals surface area contributed by atoms with Gasteiger partial charge in [0.1, 0.15) is 11.2 Å². The Morgan fingerprint density at radius 1 is 0.270 bits per heavy atom. The molecule has 2 nitrogen and oxygen atoms in total. The molecule has 2 aliphatic carbocycles. The summed E-state index contributed by atoms with van der Waals surface area (Å²) in [6.45, 7) is 0. The Morgan fingerprint density at radius 3 is 1.30 bits per heavy atom. The van der Waals surface area contributed by atoms with E-state index < -0.39 is 5.41 Å². The third kappa shape index (κ3) is 5.25. The predicted octanol–water partition coefficient (Wildman–Crippen LogP) is 16.4. The van der Waals surface area contributed by atoms with Crippen LogP contribution in [0.2, 0.25) is 0 Å². The lowest BCUT2D eigenvalue weighted by molar-refractivity contribution is 0.669. The van der Waals surface area contributed by atoms with Gasteiger partial charge < -0.3 is 9.32 Å². The summed E-state index contributed by atoms with van der Waals surface area (Å²) in [4.78, 5) is 2.43. The van der Waals surface area contributed by atoms with Crippen LogP contribution in [0.5, 0.6) is 0 Å². The van der Waals surface area contributed by atoms with E-state index in [1.165, 1.54) is 77.9 Å². The summed E-state index contributed by atoms with van der Waals surface area (Å²) in [5, 5.41) is 2.22. The molecule has 0 aliphatic heterocycles. The highest BCUT2D eigenvalue weighted by Crippen LogP contribution is 2.58. The molecule has 1 aromatic heterocycles. The lowest BCUT2D eigenvalue weighted by Crippen LogP contribution is -2.28. The van der Waals surface area contributed by atoms with Crippen molar-refractivity contribution >= 4 is 39.0 Å². The molecule has 0 fully saturated rings. The largest absolute Gasteiger partial charge is 0.456 e. The Balaban J connectivity index is 1.09. The van der Waals surface area contributed by atoms with Crippen molar-refractivity contribution in [3.05, 3.63) is 259 Å². The first-order valence-electron chi connectivity index (χ1n) is 21.8. The van der Waals surface area contributed by atoms with Crippen LogP contribution >= 0.6 is 0 Å². The molecule has 13 rings (SSSR count). The minimum absolute atomic E-state index is 0.541. The molecule has 0 atom stereocenters. The van der Waals surface area contributed by atoms with Gasteiger partial charge in [0.15, 0.2) is 0 Å². The van der Waals surface area contributed by atoms with E-state index in [4.69, 9.17) is 4.42 Å². The quantitative estimate of drug-likeness (QED) is 0.172. The molecule has 0 radical (unpaired) electrons. The SMILES string of the molecule is c1ccc(C2(c3ccccc3)c3ccccc3-c3ccc(N(c4ccc5c(c4)-c4ccccc4-c4ccccc4-c4ccccc4-5)c4ccc5c(c4)oc4ccccc45)cc32)cc1. The second kappa shape index (κ2) is 13.9. The first kappa shape index (κ1) is 35.5. The van der Waals surface area contributed by atoms with E-state index in [2.05, 4.69) is 235 Å². The number of hydrogen-bond donors (Lipinski definition) is 0. The lowest BCUT2D eigenvalue weighted by atomic mass is 9.67. The summed E-state index contributed by atoms with van der Waals surface area (Å²) in [7, 11) is 0. The van der Waals surface area contributed by atoms with Gasteiger partial charge in [-0.1, -0.05) is 188 Å². The van der Waals surface area contributed by atoms with Crippen LogP contribution < -0.4 is 4.90 Å². The lowest BCUT2D eigenvalue weighted by Gasteiger charge is -2.35. The maximum absolute atomic E-state index is 6.59. The number of nitrogens with zero attached hydrogens (tertiary/aromatic N) is 1. The average molecular weight is 802 g/mol. The van der Waals surface area contributed by atoms with Gasteiger partial charge in [-0.15, -0.1) is 0 Å². The minimum atomic E-state index is -0.541. The third-order valence-electron chi connectivity index (χ3n) is 13.5. The van der Waals surface area contributed by atoms with Gasteiger partial charge in [0.2, 0.25) is 0 Å². The van der Waals surface area contributed by atoms with Crippen molar-refractivity contribution in [3.8, 4) is 55.6 Å². The summed E-state index contributed by atoms with van der Waals surface area (Å²) >= 11 is 0. The van der Waals surface area contributed by atoms with Crippen LogP contribution in [0.15, 0.2) is 241 Å². The van der Waals surface area contributed by atoms with Crippen LogP contribution in [0.25, 0.3) is 77.6 Å². The van der Waals surface area contributed by atoms with Crippen molar-refractivity contribution in [1.29, 1.82) is 0 Å². The number of para-hydroxylation sites is 1. The highest BCUT2D eigenvalue weighted by atomic mass is 16.3. The minimum Gasteiger partial charge on any atom is -0.456 e. The maximum Gasteiger partial charge on any atom is 0.137 e. The average Bonchev–Trinajstić information content (AvgIpc) is 3.87. The molecule has 0 saturated heterocycles. The Kier molecular flexibility index (Phi) is 7.85. The molecule has 0 spiro atoms. The number of fused-ring (bicyclic) bond motifs is 14. The Labute approximate surface area is 366 Å². The molecule has 0 unspecified atom stereocenters. The van der Waals surface area contributed by atoms with Gasteiger partial charge in [-0.25, -0.2) is 0 Å². The fourth-order valence-electron chi connectivity index (χ4n) is 10.9. The summed E-state index contributed by atoms with van der Waals surface area (Å²) in [5.74, 6) is 0. The van der Waals surface area contributed by atoms with Crippen LogP contribution in [0.1, 0.15) is 22.3 Å². The zero-order valence-electron chi connectivity index (χ0n) is 34.4. The third-order valence-corrected chi connectivity index (χ3v) is 13.5. The zero-order valence-corrected chi connectivity index (χ0v) is 34.4. The molecule has 2 aliphatic rings. The smallest absolute Gasteiger partial charge is 0.137 e. The first-order chi connectivity index (χ1) is 31.3. The van der Waals surface area contributed by atoms with Crippen molar-refractivity contribution in [3.63, 3.8) is 0 Å². The summed E-state index contributed by atoms with van der Waals surface area (Å²) in [6, 6.07) is 86.8. The fraction of sp³-hybridized carbons (Fsp3) is 0.0164. The number of furan rings is 1. The van der Waals surface area contributed by atoms with Crippen LogP contribution in [0, 0.1) is 0 Å². The molecule has 2 heteroatoms. The predicted molar refractivity (Wildman–Crippen MR) is 261 cm³/mol. The van der Waals surface area contributed by atoms with Gasteiger partial charge in [-0.3, -0.25) is 0 Å². The molecule has 0 bridgehead atoms. The normalized spacial score (nSPS) is 12.9. The van der Waals surface area contributed by atoms with Gasteiger partial charge in [-0.05, 0) is 120 Å². The second-order valence-corrected chi connectivity index (χ2v) is 16.7. The number of anilines is 3. The van der Waals surface area contributed by atoms with Crippen molar-refractivity contribution in [2.75, 3.05) is 4.90 Å². The van der Waals surface area contributed by atoms with Gasteiger partial charge in [0.25, 0.3) is 0 Å². The van der Waals surface area contributed by atoms with E-state index >= 15 is 0 Å². The number of benzene rings is 10. The zero-order chi connectivity index (χ0) is 41.5. The van der Waals surface area contributed by atoms with E-state index in [1.807, 2.05) is 6.07 Å². The highest BCUT2D eigenvalue weighted by molar-refractivity contribution is 6.07. The van der Waals surface area contributed by atoms with Crippen molar-refractivity contribution in [2.45, 2.75) is 5.41 Å². The van der Waals surface area contributed by atoms with Crippen LogP contribution in [0.4, 0.5) is 17.1 Å². The van der Waals surface area contributed by atoms with E-state index in [0.717, 1.165) is 39.0 Å². The summed E-state index contributed by atoms with van der Waals surface area (Å²) in [5.41, 5.74) is 21.7. The van der Waals surface area contributed by atoms with Gasteiger partial charge in [0.05, 0.1) is 5.41 Å². The maximum atomic E-state index is 6.59. The topological polar surface area (TPSA) is 16.4 Å². The van der Waals surface area contributed by atoms with Crippen molar-refractivity contribution < 1.29 is 4.42 Å². The van der Waals surface area contributed by atoms with Crippen LogP contribution in [-0.4, -0.2) is 0 Å². The molecule has 0 amide bonds.